The maximum Gasteiger partial charge on any atom is 0.239 e. The van der Waals surface area contributed by atoms with Crippen molar-refractivity contribution in [3.63, 3.8) is 0 Å². The van der Waals surface area contributed by atoms with Crippen LogP contribution in [0.3, 0.4) is 0 Å². The predicted octanol–water partition coefficient (Wildman–Crippen LogP) is 1.04. The van der Waals surface area contributed by atoms with Crippen LogP contribution in [0.2, 0.25) is 0 Å². The molecule has 0 aromatic carbocycles. The first-order valence-corrected chi connectivity index (χ1v) is 8.45. The minimum absolute atomic E-state index is 0.0289. The molecule has 3 fully saturated rings. The minimum Gasteiger partial charge on any atom is -0.352 e. The van der Waals surface area contributed by atoms with E-state index in [1.54, 1.807) is 4.90 Å². The lowest BCUT2D eigenvalue weighted by atomic mass is 9.78. The van der Waals surface area contributed by atoms with Crippen LogP contribution in [-0.4, -0.2) is 48.9 Å². The van der Waals surface area contributed by atoms with Gasteiger partial charge in [0, 0.05) is 19.0 Å². The summed E-state index contributed by atoms with van der Waals surface area (Å²) in [5, 5.41) is 6.46. The molecule has 0 bridgehead atoms. The molecule has 0 atom stereocenters. The number of hydrogen-bond donors (Lipinski definition) is 2. The van der Waals surface area contributed by atoms with E-state index < -0.39 is 0 Å². The van der Waals surface area contributed by atoms with Gasteiger partial charge in [0.25, 0.3) is 0 Å². The second-order valence-corrected chi connectivity index (χ2v) is 7.08. The van der Waals surface area contributed by atoms with Gasteiger partial charge in [-0.05, 0) is 44.2 Å². The van der Waals surface area contributed by atoms with Gasteiger partial charge in [0.15, 0.2) is 0 Å². The zero-order chi connectivity index (χ0) is 14.7. The van der Waals surface area contributed by atoms with Crippen molar-refractivity contribution >= 4 is 11.8 Å². The molecule has 2 amide bonds. The van der Waals surface area contributed by atoms with Gasteiger partial charge in [-0.25, -0.2) is 0 Å². The summed E-state index contributed by atoms with van der Waals surface area (Å²) >= 11 is 0. The van der Waals surface area contributed by atoms with Crippen molar-refractivity contribution in [3.05, 3.63) is 0 Å². The quantitative estimate of drug-likeness (QED) is 0.817. The Morgan fingerprint density at radius 3 is 2.67 bits per heavy atom. The molecule has 5 nitrogen and oxygen atoms in total. The van der Waals surface area contributed by atoms with Crippen molar-refractivity contribution in [1.82, 2.24) is 15.5 Å². The third-order valence-electron chi connectivity index (χ3n) is 5.37. The topological polar surface area (TPSA) is 61.4 Å². The summed E-state index contributed by atoms with van der Waals surface area (Å²) in [6.07, 6.45) is 8.63. The molecule has 21 heavy (non-hydrogen) atoms. The molecular formula is C16H27N3O2. The fraction of sp³-hybridized carbons (Fsp3) is 0.875. The highest BCUT2D eigenvalue weighted by molar-refractivity contribution is 5.86. The number of rotatable bonds is 3. The average molecular weight is 293 g/mol. The number of likely N-dealkylation sites (tertiary alicyclic amines) is 1. The number of nitrogens with zero attached hydrogens (tertiary/aromatic N) is 1. The molecule has 0 aromatic heterocycles. The van der Waals surface area contributed by atoms with E-state index in [9.17, 15) is 9.59 Å². The zero-order valence-electron chi connectivity index (χ0n) is 12.8. The highest BCUT2D eigenvalue weighted by Crippen LogP contribution is 2.39. The molecule has 2 saturated heterocycles. The Hall–Kier alpha value is -1.10. The second kappa shape index (κ2) is 6.34. The van der Waals surface area contributed by atoms with Crippen molar-refractivity contribution in [2.75, 3.05) is 26.2 Å². The molecule has 0 unspecified atom stereocenters. The second-order valence-electron chi connectivity index (χ2n) is 7.08. The number of carbonyl (C=O) groups is 2. The minimum atomic E-state index is 0.0289. The van der Waals surface area contributed by atoms with Crippen LogP contribution in [0, 0.1) is 5.41 Å². The van der Waals surface area contributed by atoms with Crippen LogP contribution >= 0.6 is 0 Å². The maximum atomic E-state index is 12.2. The van der Waals surface area contributed by atoms with Gasteiger partial charge in [-0.1, -0.05) is 19.3 Å². The summed E-state index contributed by atoms with van der Waals surface area (Å²) in [5.74, 6) is 0.192. The first kappa shape index (κ1) is 14.8. The van der Waals surface area contributed by atoms with Gasteiger partial charge in [0.05, 0.1) is 6.54 Å². The first-order valence-electron chi connectivity index (χ1n) is 8.45. The molecule has 2 N–H and O–H groups in total. The first-order chi connectivity index (χ1) is 10.2. The summed E-state index contributed by atoms with van der Waals surface area (Å²) in [5.41, 5.74) is 0.132. The lowest BCUT2D eigenvalue weighted by Gasteiger charge is -2.33. The van der Waals surface area contributed by atoms with E-state index in [-0.39, 0.29) is 23.8 Å². The maximum absolute atomic E-state index is 12.2. The van der Waals surface area contributed by atoms with Crippen molar-refractivity contribution < 1.29 is 9.59 Å². The summed E-state index contributed by atoms with van der Waals surface area (Å²) in [7, 11) is 0. The van der Waals surface area contributed by atoms with E-state index in [2.05, 4.69) is 10.6 Å². The van der Waals surface area contributed by atoms with E-state index in [1.165, 1.54) is 19.3 Å². The van der Waals surface area contributed by atoms with Crippen LogP contribution in [-0.2, 0) is 9.59 Å². The normalized spacial score (nSPS) is 26.3. The summed E-state index contributed by atoms with van der Waals surface area (Å²) in [6.45, 7) is 3.01. The van der Waals surface area contributed by atoms with Crippen molar-refractivity contribution in [3.8, 4) is 0 Å². The number of carbonyl (C=O) groups excluding carboxylic acids is 2. The Morgan fingerprint density at radius 1 is 1.24 bits per heavy atom. The lowest BCUT2D eigenvalue weighted by Crippen LogP contribution is -2.44. The number of piperidine rings is 1. The van der Waals surface area contributed by atoms with Gasteiger partial charge in [0.1, 0.15) is 0 Å². The molecule has 118 valence electrons. The molecule has 3 rings (SSSR count). The van der Waals surface area contributed by atoms with E-state index in [4.69, 9.17) is 0 Å². The van der Waals surface area contributed by atoms with Crippen LogP contribution in [0.5, 0.6) is 0 Å². The highest BCUT2D eigenvalue weighted by atomic mass is 16.2. The van der Waals surface area contributed by atoms with Crippen molar-refractivity contribution in [2.24, 2.45) is 5.41 Å². The largest absolute Gasteiger partial charge is 0.352 e. The van der Waals surface area contributed by atoms with Gasteiger partial charge >= 0.3 is 0 Å². The molecular weight excluding hydrogens is 266 g/mol. The molecule has 0 aromatic rings. The Morgan fingerprint density at radius 2 is 1.95 bits per heavy atom. The third kappa shape index (κ3) is 3.57. The number of nitrogens with one attached hydrogen (secondary N) is 2. The molecule has 2 heterocycles. The molecule has 5 heteroatoms. The van der Waals surface area contributed by atoms with Crippen LogP contribution < -0.4 is 10.6 Å². The molecule has 0 radical (unpaired) electrons. The van der Waals surface area contributed by atoms with Crippen LogP contribution in [0.15, 0.2) is 0 Å². The van der Waals surface area contributed by atoms with Crippen molar-refractivity contribution in [2.45, 2.75) is 57.4 Å². The van der Waals surface area contributed by atoms with E-state index in [0.29, 0.717) is 12.5 Å². The lowest BCUT2D eigenvalue weighted by molar-refractivity contribution is -0.133. The Kier molecular flexibility index (Phi) is 4.48. The van der Waals surface area contributed by atoms with Gasteiger partial charge < -0.3 is 15.5 Å². The monoisotopic (exact) mass is 293 g/mol. The predicted molar refractivity (Wildman–Crippen MR) is 80.7 cm³/mol. The van der Waals surface area contributed by atoms with Crippen LogP contribution in [0.25, 0.3) is 0 Å². The van der Waals surface area contributed by atoms with Crippen molar-refractivity contribution in [1.29, 1.82) is 0 Å². The van der Waals surface area contributed by atoms with Gasteiger partial charge in [-0.3, -0.25) is 9.59 Å². The van der Waals surface area contributed by atoms with E-state index in [0.717, 1.165) is 45.3 Å². The zero-order valence-corrected chi connectivity index (χ0v) is 12.8. The Labute approximate surface area is 126 Å². The Balaban J connectivity index is 1.50. The molecule has 3 aliphatic rings. The van der Waals surface area contributed by atoms with Gasteiger partial charge in [-0.15, -0.1) is 0 Å². The van der Waals surface area contributed by atoms with Crippen LogP contribution in [0.4, 0.5) is 0 Å². The van der Waals surface area contributed by atoms with Gasteiger partial charge in [0.2, 0.25) is 11.8 Å². The highest BCUT2D eigenvalue weighted by Gasteiger charge is 2.43. The summed E-state index contributed by atoms with van der Waals surface area (Å²) in [6, 6.07) is 0.330. The molecule has 1 aliphatic carbocycles. The molecule has 1 spiro atoms. The SMILES string of the molecule is O=C(CN1CC2(CCNCC2)CC1=O)NC1CCCCC1. The molecule has 1 saturated carbocycles. The van der Waals surface area contributed by atoms with E-state index in [1.807, 2.05) is 0 Å². The Bertz CT molecular complexity index is 398. The number of amides is 2. The van der Waals surface area contributed by atoms with Crippen LogP contribution in [0.1, 0.15) is 51.4 Å². The standard InChI is InChI=1S/C16H27N3O2/c20-14(18-13-4-2-1-3-5-13)11-19-12-16(10-15(19)21)6-8-17-9-7-16/h13,17H,1-12H2,(H,18,20). The molecule has 2 aliphatic heterocycles. The number of hydrogen-bond acceptors (Lipinski definition) is 3. The van der Waals surface area contributed by atoms with E-state index >= 15 is 0 Å². The van der Waals surface area contributed by atoms with Gasteiger partial charge in [-0.2, -0.15) is 0 Å². The summed E-state index contributed by atoms with van der Waals surface area (Å²) < 4.78 is 0. The fourth-order valence-electron chi connectivity index (χ4n) is 4.11. The fourth-order valence-corrected chi connectivity index (χ4v) is 4.11. The summed E-state index contributed by atoms with van der Waals surface area (Å²) in [4.78, 5) is 26.1. The average Bonchev–Trinajstić information content (AvgIpc) is 2.76. The smallest absolute Gasteiger partial charge is 0.239 e. The third-order valence-corrected chi connectivity index (χ3v) is 5.37.